The molecule has 5 nitrogen and oxygen atoms in total. The molecule has 2 N–H and O–H groups in total. The summed E-state index contributed by atoms with van der Waals surface area (Å²) in [4.78, 5) is 12.9. The molecule has 1 atom stereocenters. The van der Waals surface area contributed by atoms with Gasteiger partial charge in [0.05, 0.1) is 6.10 Å². The molecule has 1 aliphatic rings. The molecule has 0 amide bonds. The van der Waals surface area contributed by atoms with Crippen LogP contribution in [0, 0.1) is 5.92 Å². The Morgan fingerprint density at radius 1 is 1.45 bits per heavy atom. The first kappa shape index (κ1) is 14.0. The minimum absolute atomic E-state index is 0.296. The fourth-order valence-electron chi connectivity index (χ4n) is 2.66. The zero-order valence-electron chi connectivity index (χ0n) is 11.4. The SMILES string of the molecule is CSc1nc2ncnc(NCC(O)C3CCCC3)c2s1. The molecule has 1 saturated carbocycles. The van der Waals surface area contributed by atoms with E-state index in [4.69, 9.17) is 0 Å². The van der Waals surface area contributed by atoms with Crippen LogP contribution in [0.5, 0.6) is 0 Å². The molecular formula is C13H18N4OS2. The van der Waals surface area contributed by atoms with E-state index in [1.54, 1.807) is 23.1 Å². The van der Waals surface area contributed by atoms with Crippen molar-refractivity contribution in [2.45, 2.75) is 36.1 Å². The van der Waals surface area contributed by atoms with Crippen molar-refractivity contribution in [3.05, 3.63) is 6.33 Å². The monoisotopic (exact) mass is 310 g/mol. The number of aliphatic hydroxyl groups is 1. The van der Waals surface area contributed by atoms with Crippen molar-refractivity contribution >= 4 is 39.3 Å². The van der Waals surface area contributed by atoms with E-state index in [1.165, 1.54) is 19.2 Å². The maximum atomic E-state index is 10.2. The molecule has 0 aliphatic heterocycles. The third-order valence-electron chi connectivity index (χ3n) is 3.77. The lowest BCUT2D eigenvalue weighted by Gasteiger charge is -2.18. The predicted octanol–water partition coefficient (Wildman–Crippen LogP) is 2.77. The Kier molecular flexibility index (Phi) is 4.38. The zero-order valence-corrected chi connectivity index (χ0v) is 13.0. The number of aliphatic hydroxyl groups excluding tert-OH is 1. The predicted molar refractivity (Wildman–Crippen MR) is 83.4 cm³/mol. The molecule has 1 aliphatic carbocycles. The summed E-state index contributed by atoms with van der Waals surface area (Å²) < 4.78 is 1.95. The van der Waals surface area contributed by atoms with Gasteiger partial charge in [-0.3, -0.25) is 0 Å². The summed E-state index contributed by atoms with van der Waals surface area (Å²) in [6.45, 7) is 0.545. The maximum Gasteiger partial charge on any atom is 0.176 e. The van der Waals surface area contributed by atoms with Gasteiger partial charge in [-0.25, -0.2) is 15.0 Å². The Bertz CT molecular complexity index is 583. The number of fused-ring (bicyclic) bond motifs is 1. The van der Waals surface area contributed by atoms with Gasteiger partial charge in [0, 0.05) is 6.54 Å². The van der Waals surface area contributed by atoms with Crippen molar-refractivity contribution in [3.63, 3.8) is 0 Å². The van der Waals surface area contributed by atoms with E-state index >= 15 is 0 Å². The van der Waals surface area contributed by atoms with Gasteiger partial charge in [0.25, 0.3) is 0 Å². The van der Waals surface area contributed by atoms with Crippen LogP contribution in [0.15, 0.2) is 10.7 Å². The molecule has 0 aromatic carbocycles. The van der Waals surface area contributed by atoms with Gasteiger partial charge in [-0.1, -0.05) is 24.6 Å². The van der Waals surface area contributed by atoms with Gasteiger partial charge in [-0.05, 0) is 25.0 Å². The summed E-state index contributed by atoms with van der Waals surface area (Å²) >= 11 is 3.20. The average Bonchev–Trinajstić information content (AvgIpc) is 3.13. The van der Waals surface area contributed by atoms with Crippen molar-refractivity contribution in [1.82, 2.24) is 15.0 Å². The van der Waals surface area contributed by atoms with Crippen LogP contribution in [0.1, 0.15) is 25.7 Å². The summed E-state index contributed by atoms with van der Waals surface area (Å²) in [6.07, 6.45) is 7.99. The lowest BCUT2D eigenvalue weighted by Crippen LogP contribution is -2.27. The van der Waals surface area contributed by atoms with Crippen molar-refractivity contribution in [1.29, 1.82) is 0 Å². The van der Waals surface area contributed by atoms with E-state index in [-0.39, 0.29) is 6.10 Å². The molecule has 20 heavy (non-hydrogen) atoms. The first-order chi connectivity index (χ1) is 9.78. The van der Waals surface area contributed by atoms with Crippen LogP contribution in [-0.2, 0) is 0 Å². The number of nitrogens with zero attached hydrogens (tertiary/aromatic N) is 3. The molecular weight excluding hydrogens is 292 g/mol. The zero-order chi connectivity index (χ0) is 13.9. The molecule has 1 unspecified atom stereocenters. The van der Waals surface area contributed by atoms with Crippen LogP contribution in [0.4, 0.5) is 5.82 Å². The third kappa shape index (κ3) is 2.89. The Hall–Kier alpha value is -0.920. The third-order valence-corrected chi connectivity index (χ3v) is 5.81. The number of anilines is 1. The van der Waals surface area contributed by atoms with Gasteiger partial charge >= 0.3 is 0 Å². The number of hydrogen-bond donors (Lipinski definition) is 2. The Labute approximate surface area is 126 Å². The maximum absolute atomic E-state index is 10.2. The summed E-state index contributed by atoms with van der Waals surface area (Å²) in [5.74, 6) is 1.22. The minimum atomic E-state index is -0.296. The first-order valence-corrected chi connectivity index (χ1v) is 8.89. The molecule has 0 bridgehead atoms. The number of thiazole rings is 1. The molecule has 108 valence electrons. The highest BCUT2D eigenvalue weighted by Crippen LogP contribution is 2.31. The van der Waals surface area contributed by atoms with E-state index in [2.05, 4.69) is 20.3 Å². The molecule has 0 radical (unpaired) electrons. The topological polar surface area (TPSA) is 70.9 Å². The summed E-state index contributed by atoms with van der Waals surface area (Å²) in [7, 11) is 0. The highest BCUT2D eigenvalue weighted by Gasteiger charge is 2.23. The molecule has 3 rings (SSSR count). The second-order valence-corrected chi connectivity index (χ2v) is 7.10. The Morgan fingerprint density at radius 3 is 3.00 bits per heavy atom. The fourth-order valence-corrected chi connectivity index (χ4v) is 4.14. The molecule has 2 aromatic heterocycles. The van der Waals surface area contributed by atoms with Gasteiger partial charge in [0.15, 0.2) is 9.99 Å². The van der Waals surface area contributed by atoms with Gasteiger partial charge in [-0.2, -0.15) is 0 Å². The van der Waals surface area contributed by atoms with E-state index in [1.807, 2.05) is 6.26 Å². The Morgan fingerprint density at radius 2 is 2.25 bits per heavy atom. The van der Waals surface area contributed by atoms with Crippen molar-refractivity contribution in [2.75, 3.05) is 18.1 Å². The summed E-state index contributed by atoms with van der Waals surface area (Å²) in [5.41, 5.74) is 0.729. The number of hydrogen-bond acceptors (Lipinski definition) is 7. The smallest absolute Gasteiger partial charge is 0.176 e. The molecule has 0 saturated heterocycles. The van der Waals surface area contributed by atoms with Gasteiger partial charge in [0.2, 0.25) is 0 Å². The van der Waals surface area contributed by atoms with Crippen LogP contribution < -0.4 is 5.32 Å². The first-order valence-electron chi connectivity index (χ1n) is 6.85. The standard InChI is InChI=1S/C13H18N4OS2/c1-19-13-17-12-10(20-13)11(15-7-16-12)14-6-9(18)8-4-2-3-5-8/h7-9,18H,2-6H2,1H3,(H,14,15,16). The van der Waals surface area contributed by atoms with E-state index < -0.39 is 0 Å². The van der Waals surface area contributed by atoms with Crippen LogP contribution in [0.3, 0.4) is 0 Å². The van der Waals surface area contributed by atoms with E-state index in [9.17, 15) is 5.11 Å². The van der Waals surface area contributed by atoms with Crippen LogP contribution >= 0.6 is 23.1 Å². The normalized spacial score (nSPS) is 17.7. The van der Waals surface area contributed by atoms with Crippen LogP contribution in [-0.4, -0.2) is 39.0 Å². The van der Waals surface area contributed by atoms with Crippen LogP contribution in [0.2, 0.25) is 0 Å². The van der Waals surface area contributed by atoms with Gasteiger partial charge in [-0.15, -0.1) is 11.3 Å². The van der Waals surface area contributed by atoms with Gasteiger partial charge < -0.3 is 10.4 Å². The summed E-state index contributed by atoms with van der Waals surface area (Å²) in [6, 6.07) is 0. The largest absolute Gasteiger partial charge is 0.391 e. The number of thioether (sulfide) groups is 1. The number of aromatic nitrogens is 3. The lowest BCUT2D eigenvalue weighted by atomic mass is 10.0. The molecule has 1 fully saturated rings. The average molecular weight is 310 g/mol. The van der Waals surface area contributed by atoms with Crippen molar-refractivity contribution in [3.8, 4) is 0 Å². The molecule has 0 spiro atoms. The van der Waals surface area contributed by atoms with E-state index in [0.717, 1.165) is 33.3 Å². The highest BCUT2D eigenvalue weighted by atomic mass is 32.2. The molecule has 2 heterocycles. The minimum Gasteiger partial charge on any atom is -0.391 e. The molecule has 2 aromatic rings. The highest BCUT2D eigenvalue weighted by molar-refractivity contribution is 8.00. The van der Waals surface area contributed by atoms with E-state index in [0.29, 0.717) is 12.5 Å². The van der Waals surface area contributed by atoms with Crippen LogP contribution in [0.25, 0.3) is 10.3 Å². The number of rotatable bonds is 5. The Balaban J connectivity index is 1.71. The van der Waals surface area contributed by atoms with Crippen molar-refractivity contribution in [2.24, 2.45) is 5.92 Å². The molecule has 7 heteroatoms. The number of nitrogens with one attached hydrogen (secondary N) is 1. The lowest BCUT2D eigenvalue weighted by molar-refractivity contribution is 0.123. The fraction of sp³-hybridized carbons (Fsp3) is 0.615. The van der Waals surface area contributed by atoms with Gasteiger partial charge in [0.1, 0.15) is 16.8 Å². The van der Waals surface area contributed by atoms with Crippen molar-refractivity contribution < 1.29 is 5.11 Å². The summed E-state index contributed by atoms with van der Waals surface area (Å²) in [5, 5.41) is 13.5. The quantitative estimate of drug-likeness (QED) is 0.828. The second-order valence-electron chi connectivity index (χ2n) is 5.05. The second kappa shape index (κ2) is 6.24.